The Balaban J connectivity index is 1.85. The van der Waals surface area contributed by atoms with Crippen LogP contribution in [0, 0.1) is 5.82 Å². The van der Waals surface area contributed by atoms with Crippen LogP contribution in [-0.4, -0.2) is 25.2 Å². The highest BCUT2D eigenvalue weighted by atomic mass is 32.1. The zero-order chi connectivity index (χ0) is 15.9. The molecule has 5 heteroatoms. The molecule has 1 aromatic carbocycles. The molecule has 0 saturated carbocycles. The molecule has 2 rings (SSSR count). The molecule has 1 heterocycles. The van der Waals surface area contributed by atoms with E-state index in [1.807, 2.05) is 19.9 Å². The predicted octanol–water partition coefficient (Wildman–Crippen LogP) is 4.10. The Bertz CT molecular complexity index is 607. The Hall–Kier alpha value is -1.72. The van der Waals surface area contributed by atoms with Crippen LogP contribution in [0.2, 0.25) is 0 Å². The normalized spacial score (nSPS) is 10.9. The average Bonchev–Trinajstić information content (AvgIpc) is 2.97. The summed E-state index contributed by atoms with van der Waals surface area (Å²) in [5.74, 6) is -0.343. The van der Waals surface area contributed by atoms with Crippen LogP contribution in [0.15, 0.2) is 36.4 Å². The number of carbonyl (C=O) groups is 1. The highest BCUT2D eigenvalue weighted by Crippen LogP contribution is 2.28. The Morgan fingerprint density at radius 3 is 2.64 bits per heavy atom. The zero-order valence-corrected chi connectivity index (χ0v) is 13.6. The van der Waals surface area contributed by atoms with Gasteiger partial charge in [-0.1, -0.05) is 12.1 Å². The van der Waals surface area contributed by atoms with E-state index in [0.717, 1.165) is 16.9 Å². The van der Waals surface area contributed by atoms with Gasteiger partial charge >= 0.3 is 0 Å². The second-order valence-corrected chi connectivity index (χ2v) is 6.28. The van der Waals surface area contributed by atoms with Crippen LogP contribution in [0.1, 0.15) is 29.9 Å². The number of ether oxygens (including phenoxy) is 1. The van der Waals surface area contributed by atoms with E-state index in [2.05, 4.69) is 5.32 Å². The first kappa shape index (κ1) is 16.6. The van der Waals surface area contributed by atoms with Gasteiger partial charge in [-0.3, -0.25) is 4.79 Å². The topological polar surface area (TPSA) is 38.3 Å². The summed E-state index contributed by atoms with van der Waals surface area (Å²) in [6.07, 6.45) is 1.01. The summed E-state index contributed by atoms with van der Waals surface area (Å²) in [5.41, 5.74) is 0.913. The number of hydrogen-bond donors (Lipinski definition) is 1. The van der Waals surface area contributed by atoms with Crippen molar-refractivity contribution in [2.24, 2.45) is 0 Å². The van der Waals surface area contributed by atoms with Crippen LogP contribution in [0.5, 0.6) is 0 Å². The smallest absolute Gasteiger partial charge is 0.261 e. The largest absolute Gasteiger partial charge is 0.379 e. The highest BCUT2D eigenvalue weighted by molar-refractivity contribution is 7.17. The van der Waals surface area contributed by atoms with Gasteiger partial charge in [0.25, 0.3) is 5.91 Å². The lowest BCUT2D eigenvalue weighted by atomic mass is 10.2. The van der Waals surface area contributed by atoms with E-state index in [0.29, 0.717) is 18.0 Å². The number of benzene rings is 1. The molecule has 118 valence electrons. The summed E-state index contributed by atoms with van der Waals surface area (Å²) < 4.78 is 18.3. The average molecular weight is 321 g/mol. The van der Waals surface area contributed by atoms with Crippen LogP contribution in [-0.2, 0) is 4.74 Å². The van der Waals surface area contributed by atoms with Gasteiger partial charge in [-0.25, -0.2) is 4.39 Å². The molecule has 1 N–H and O–H groups in total. The lowest BCUT2D eigenvalue weighted by Crippen LogP contribution is -2.24. The van der Waals surface area contributed by atoms with Crippen molar-refractivity contribution in [2.45, 2.75) is 26.4 Å². The third-order valence-corrected chi connectivity index (χ3v) is 4.15. The van der Waals surface area contributed by atoms with Crippen molar-refractivity contribution in [1.82, 2.24) is 5.32 Å². The van der Waals surface area contributed by atoms with Crippen LogP contribution in [0.25, 0.3) is 10.4 Å². The third kappa shape index (κ3) is 4.93. The summed E-state index contributed by atoms with van der Waals surface area (Å²) in [6, 6.07) is 9.95. The Kier molecular flexibility index (Phi) is 6.10. The van der Waals surface area contributed by atoms with E-state index in [-0.39, 0.29) is 17.8 Å². The number of amides is 1. The Labute approximate surface area is 134 Å². The molecular formula is C17H20FNO2S. The maximum atomic E-state index is 12.9. The first-order valence-corrected chi connectivity index (χ1v) is 8.13. The SMILES string of the molecule is CC(C)OCCCNC(=O)c1ccc(-c2ccc(F)cc2)s1. The van der Waals surface area contributed by atoms with Gasteiger partial charge in [-0.05, 0) is 50.1 Å². The van der Waals surface area contributed by atoms with Crippen molar-refractivity contribution in [3.05, 3.63) is 47.1 Å². The molecule has 0 aliphatic heterocycles. The predicted molar refractivity (Wildman–Crippen MR) is 87.8 cm³/mol. The molecule has 2 aromatic rings. The van der Waals surface area contributed by atoms with Crippen molar-refractivity contribution in [3.8, 4) is 10.4 Å². The molecule has 0 unspecified atom stereocenters. The van der Waals surface area contributed by atoms with Crippen molar-refractivity contribution in [3.63, 3.8) is 0 Å². The van der Waals surface area contributed by atoms with Gasteiger partial charge in [0, 0.05) is 18.0 Å². The second-order valence-electron chi connectivity index (χ2n) is 5.20. The van der Waals surface area contributed by atoms with Gasteiger partial charge in [-0.2, -0.15) is 0 Å². The maximum absolute atomic E-state index is 12.9. The highest BCUT2D eigenvalue weighted by Gasteiger charge is 2.10. The second kappa shape index (κ2) is 8.06. The monoisotopic (exact) mass is 321 g/mol. The number of thiophene rings is 1. The van der Waals surface area contributed by atoms with Crippen molar-refractivity contribution < 1.29 is 13.9 Å². The van der Waals surface area contributed by atoms with Crippen LogP contribution >= 0.6 is 11.3 Å². The first-order valence-electron chi connectivity index (χ1n) is 7.32. The molecule has 0 fully saturated rings. The number of carbonyl (C=O) groups excluding carboxylic acids is 1. The number of halogens is 1. The molecule has 0 aliphatic rings. The van der Waals surface area contributed by atoms with Crippen molar-refractivity contribution in [2.75, 3.05) is 13.2 Å². The van der Waals surface area contributed by atoms with E-state index < -0.39 is 0 Å². The molecule has 0 aliphatic carbocycles. The van der Waals surface area contributed by atoms with Gasteiger partial charge in [0.2, 0.25) is 0 Å². The molecule has 0 atom stereocenters. The van der Waals surface area contributed by atoms with Gasteiger partial charge in [0.1, 0.15) is 5.82 Å². The maximum Gasteiger partial charge on any atom is 0.261 e. The van der Waals surface area contributed by atoms with Crippen LogP contribution in [0.4, 0.5) is 4.39 Å². The molecule has 0 spiro atoms. The lowest BCUT2D eigenvalue weighted by Gasteiger charge is -2.07. The minimum Gasteiger partial charge on any atom is -0.379 e. The van der Waals surface area contributed by atoms with E-state index in [1.54, 1.807) is 18.2 Å². The van der Waals surface area contributed by atoms with E-state index in [1.165, 1.54) is 23.5 Å². The molecule has 1 amide bonds. The van der Waals surface area contributed by atoms with Gasteiger partial charge in [-0.15, -0.1) is 11.3 Å². The molecule has 1 aromatic heterocycles. The zero-order valence-electron chi connectivity index (χ0n) is 12.8. The number of rotatable bonds is 7. The Morgan fingerprint density at radius 1 is 1.23 bits per heavy atom. The number of nitrogens with one attached hydrogen (secondary N) is 1. The standard InChI is InChI=1S/C17H20FNO2S/c1-12(2)21-11-3-10-19-17(20)16-9-8-15(22-16)13-4-6-14(18)7-5-13/h4-9,12H,3,10-11H2,1-2H3,(H,19,20). The molecule has 22 heavy (non-hydrogen) atoms. The summed E-state index contributed by atoms with van der Waals surface area (Å²) in [4.78, 5) is 13.6. The summed E-state index contributed by atoms with van der Waals surface area (Å²) in [7, 11) is 0. The fourth-order valence-electron chi connectivity index (χ4n) is 1.91. The van der Waals surface area contributed by atoms with Crippen LogP contribution < -0.4 is 5.32 Å². The first-order chi connectivity index (χ1) is 10.6. The quantitative estimate of drug-likeness (QED) is 0.780. The molecule has 0 saturated heterocycles. The van der Waals surface area contributed by atoms with Crippen molar-refractivity contribution >= 4 is 17.2 Å². The summed E-state index contributed by atoms with van der Waals surface area (Å²) >= 11 is 1.40. The molecule has 0 radical (unpaired) electrons. The van der Waals surface area contributed by atoms with Crippen molar-refractivity contribution in [1.29, 1.82) is 0 Å². The van der Waals surface area contributed by atoms with E-state index in [9.17, 15) is 9.18 Å². The van der Waals surface area contributed by atoms with Gasteiger partial charge in [0.05, 0.1) is 11.0 Å². The van der Waals surface area contributed by atoms with Gasteiger partial charge < -0.3 is 10.1 Å². The molecule has 3 nitrogen and oxygen atoms in total. The molecular weight excluding hydrogens is 301 g/mol. The summed E-state index contributed by atoms with van der Waals surface area (Å²) in [5, 5.41) is 2.88. The van der Waals surface area contributed by atoms with Gasteiger partial charge in [0.15, 0.2) is 0 Å². The minimum atomic E-state index is -0.262. The van der Waals surface area contributed by atoms with Crippen LogP contribution in [0.3, 0.4) is 0 Å². The van der Waals surface area contributed by atoms with E-state index >= 15 is 0 Å². The Morgan fingerprint density at radius 2 is 1.95 bits per heavy atom. The molecule has 0 bridgehead atoms. The third-order valence-electron chi connectivity index (χ3n) is 3.02. The van der Waals surface area contributed by atoms with E-state index in [4.69, 9.17) is 4.74 Å². The fourth-order valence-corrected chi connectivity index (χ4v) is 2.84. The number of hydrogen-bond acceptors (Lipinski definition) is 3. The summed E-state index contributed by atoms with van der Waals surface area (Å²) in [6.45, 7) is 5.21. The lowest BCUT2D eigenvalue weighted by molar-refractivity contribution is 0.0757. The minimum absolute atomic E-state index is 0.0806. The fraction of sp³-hybridized carbons (Fsp3) is 0.353.